The second kappa shape index (κ2) is 4.02. The Kier molecular flexibility index (Phi) is 2.54. The molecule has 5 rings (SSSR count). The van der Waals surface area contributed by atoms with Crippen molar-refractivity contribution in [2.75, 3.05) is 13.1 Å². The van der Waals surface area contributed by atoms with Gasteiger partial charge in [0.05, 0.1) is 0 Å². The van der Waals surface area contributed by atoms with Gasteiger partial charge in [0.25, 0.3) is 0 Å². The van der Waals surface area contributed by atoms with Crippen LogP contribution in [0.15, 0.2) is 22.9 Å². The van der Waals surface area contributed by atoms with E-state index in [-0.39, 0.29) is 0 Å². The van der Waals surface area contributed by atoms with Crippen LogP contribution in [0.25, 0.3) is 0 Å². The molecule has 4 heteroatoms. The second-order valence-electron chi connectivity index (χ2n) is 6.17. The molecule has 4 heterocycles. The van der Waals surface area contributed by atoms with Crippen LogP contribution in [-0.4, -0.2) is 29.0 Å². The molecule has 3 aliphatic heterocycles. The SMILES string of the molecule is NC1C2CC3CC1C(c1cncc(Br)c1)N(C3)C2. The first-order chi connectivity index (χ1) is 8.72. The van der Waals surface area contributed by atoms with E-state index in [1.54, 1.807) is 0 Å². The maximum atomic E-state index is 6.47. The number of pyridine rings is 1. The fourth-order valence-corrected chi connectivity index (χ4v) is 4.89. The van der Waals surface area contributed by atoms with Crippen molar-refractivity contribution in [2.24, 2.45) is 23.5 Å². The predicted molar refractivity (Wildman–Crippen MR) is 73.9 cm³/mol. The number of rotatable bonds is 1. The highest BCUT2D eigenvalue weighted by atomic mass is 79.9. The number of hydrogen-bond donors (Lipinski definition) is 1. The van der Waals surface area contributed by atoms with Crippen molar-refractivity contribution in [3.05, 3.63) is 28.5 Å². The van der Waals surface area contributed by atoms with Crippen LogP contribution >= 0.6 is 15.9 Å². The topological polar surface area (TPSA) is 42.1 Å². The van der Waals surface area contributed by atoms with E-state index in [2.05, 4.69) is 31.9 Å². The third-order valence-corrected chi connectivity index (χ3v) is 5.54. The minimum atomic E-state index is 0.391. The van der Waals surface area contributed by atoms with Crippen molar-refractivity contribution in [3.8, 4) is 0 Å². The summed E-state index contributed by atoms with van der Waals surface area (Å²) < 4.78 is 1.07. The number of halogens is 1. The van der Waals surface area contributed by atoms with Gasteiger partial charge >= 0.3 is 0 Å². The molecule has 3 saturated heterocycles. The molecule has 4 fully saturated rings. The van der Waals surface area contributed by atoms with E-state index in [1.807, 2.05) is 12.4 Å². The van der Waals surface area contributed by atoms with Gasteiger partial charge in [0.1, 0.15) is 0 Å². The van der Waals surface area contributed by atoms with Gasteiger partial charge in [-0.3, -0.25) is 9.88 Å². The smallest absolute Gasteiger partial charge is 0.0410 e. The van der Waals surface area contributed by atoms with E-state index in [0.717, 1.165) is 16.3 Å². The molecule has 6 atom stereocenters. The molecular weight excluding hydrogens is 290 g/mol. The lowest BCUT2D eigenvalue weighted by molar-refractivity contribution is -0.0801. The van der Waals surface area contributed by atoms with Crippen molar-refractivity contribution in [2.45, 2.75) is 24.9 Å². The van der Waals surface area contributed by atoms with Crippen LogP contribution in [0, 0.1) is 17.8 Å². The summed E-state index contributed by atoms with van der Waals surface area (Å²) in [6, 6.07) is 3.10. The molecule has 0 spiro atoms. The van der Waals surface area contributed by atoms with Gasteiger partial charge in [-0.25, -0.2) is 0 Å². The Morgan fingerprint density at radius 2 is 2.17 bits per heavy atom. The zero-order valence-electron chi connectivity index (χ0n) is 10.3. The molecule has 18 heavy (non-hydrogen) atoms. The average molecular weight is 308 g/mol. The molecule has 4 bridgehead atoms. The molecule has 0 radical (unpaired) electrons. The lowest BCUT2D eigenvalue weighted by Gasteiger charge is -2.59. The van der Waals surface area contributed by atoms with E-state index in [9.17, 15) is 0 Å². The van der Waals surface area contributed by atoms with Crippen LogP contribution in [0.3, 0.4) is 0 Å². The molecule has 2 N–H and O–H groups in total. The Balaban J connectivity index is 1.73. The quantitative estimate of drug-likeness (QED) is 0.865. The number of nitrogens with two attached hydrogens (primary N) is 1. The fraction of sp³-hybridized carbons (Fsp3) is 0.643. The molecule has 0 amide bonds. The van der Waals surface area contributed by atoms with E-state index in [1.165, 1.54) is 31.5 Å². The lowest BCUT2D eigenvalue weighted by atomic mass is 9.61. The van der Waals surface area contributed by atoms with Gasteiger partial charge in [0.15, 0.2) is 0 Å². The largest absolute Gasteiger partial charge is 0.327 e. The summed E-state index contributed by atoms with van der Waals surface area (Å²) in [7, 11) is 0. The van der Waals surface area contributed by atoms with Crippen molar-refractivity contribution in [1.29, 1.82) is 0 Å². The summed E-state index contributed by atoms with van der Waals surface area (Å²) in [6.45, 7) is 2.45. The predicted octanol–water partition coefficient (Wildman–Crippen LogP) is 2.18. The molecule has 96 valence electrons. The first-order valence-corrected chi connectivity index (χ1v) is 7.62. The van der Waals surface area contributed by atoms with Crippen LogP contribution in [0.5, 0.6) is 0 Å². The molecule has 1 aliphatic carbocycles. The van der Waals surface area contributed by atoms with Gasteiger partial charge < -0.3 is 5.73 Å². The van der Waals surface area contributed by atoms with Gasteiger partial charge in [-0.2, -0.15) is 0 Å². The lowest BCUT2D eigenvalue weighted by Crippen LogP contribution is -2.63. The van der Waals surface area contributed by atoms with Crippen molar-refractivity contribution in [3.63, 3.8) is 0 Å². The Bertz CT molecular complexity index is 478. The van der Waals surface area contributed by atoms with Gasteiger partial charge in [-0.1, -0.05) is 0 Å². The first-order valence-electron chi connectivity index (χ1n) is 6.82. The first kappa shape index (κ1) is 11.4. The standard InChI is InChI=1S/C14H18BrN3/c15-11-3-9(4-17-5-11)14-12-2-8-1-10(13(12)16)7-18(14)6-8/h3-5,8,10,12-14H,1-2,6-7,16H2. The molecule has 6 unspecified atom stereocenters. The van der Waals surface area contributed by atoms with E-state index in [0.29, 0.717) is 18.0 Å². The highest BCUT2D eigenvalue weighted by molar-refractivity contribution is 9.10. The summed E-state index contributed by atoms with van der Waals surface area (Å²) in [5.74, 6) is 2.26. The third kappa shape index (κ3) is 1.59. The normalized spacial score (nSPS) is 45.4. The number of nitrogens with zero attached hydrogens (tertiary/aromatic N) is 2. The average Bonchev–Trinajstić information content (AvgIpc) is 2.35. The zero-order chi connectivity index (χ0) is 12.3. The van der Waals surface area contributed by atoms with Gasteiger partial charge in [-0.05, 0) is 58.2 Å². The Hall–Kier alpha value is -0.450. The molecule has 0 aromatic carbocycles. The van der Waals surface area contributed by atoms with Gasteiger partial charge in [0.2, 0.25) is 0 Å². The number of hydrogen-bond acceptors (Lipinski definition) is 3. The summed E-state index contributed by atoms with van der Waals surface area (Å²) in [6.07, 6.45) is 6.54. The summed E-state index contributed by atoms with van der Waals surface area (Å²) in [4.78, 5) is 6.98. The van der Waals surface area contributed by atoms with E-state index < -0.39 is 0 Å². The Morgan fingerprint density at radius 1 is 1.28 bits per heavy atom. The maximum absolute atomic E-state index is 6.47. The molecule has 3 nitrogen and oxygen atoms in total. The minimum Gasteiger partial charge on any atom is -0.327 e. The minimum absolute atomic E-state index is 0.391. The van der Waals surface area contributed by atoms with Crippen LogP contribution in [0.2, 0.25) is 0 Å². The highest BCUT2D eigenvalue weighted by Gasteiger charge is 2.51. The fourth-order valence-electron chi connectivity index (χ4n) is 4.51. The monoisotopic (exact) mass is 307 g/mol. The number of piperidine rings is 3. The Labute approximate surface area is 116 Å². The molecule has 1 aromatic rings. The summed E-state index contributed by atoms with van der Waals surface area (Å²) >= 11 is 3.53. The summed E-state index contributed by atoms with van der Waals surface area (Å²) in [5.41, 5.74) is 7.81. The zero-order valence-corrected chi connectivity index (χ0v) is 11.9. The summed E-state index contributed by atoms with van der Waals surface area (Å²) in [5, 5.41) is 0. The molecule has 1 aromatic heterocycles. The third-order valence-electron chi connectivity index (χ3n) is 5.11. The van der Waals surface area contributed by atoms with Gasteiger partial charge in [0, 0.05) is 42.0 Å². The van der Waals surface area contributed by atoms with Crippen LogP contribution in [0.1, 0.15) is 24.4 Å². The van der Waals surface area contributed by atoms with E-state index >= 15 is 0 Å². The van der Waals surface area contributed by atoms with E-state index in [4.69, 9.17) is 5.73 Å². The van der Waals surface area contributed by atoms with Crippen molar-refractivity contribution >= 4 is 15.9 Å². The van der Waals surface area contributed by atoms with Crippen LogP contribution in [-0.2, 0) is 0 Å². The highest BCUT2D eigenvalue weighted by Crippen LogP contribution is 2.51. The van der Waals surface area contributed by atoms with Crippen LogP contribution in [0.4, 0.5) is 0 Å². The van der Waals surface area contributed by atoms with Crippen molar-refractivity contribution in [1.82, 2.24) is 9.88 Å². The maximum Gasteiger partial charge on any atom is 0.0410 e. The Morgan fingerprint density at radius 3 is 3.00 bits per heavy atom. The molecule has 1 saturated carbocycles. The number of aromatic nitrogens is 1. The van der Waals surface area contributed by atoms with Crippen molar-refractivity contribution < 1.29 is 0 Å². The van der Waals surface area contributed by atoms with Crippen LogP contribution < -0.4 is 5.73 Å². The molecular formula is C14H18BrN3. The second-order valence-corrected chi connectivity index (χ2v) is 7.09. The molecule has 4 aliphatic rings. The van der Waals surface area contributed by atoms with Gasteiger partial charge in [-0.15, -0.1) is 0 Å².